The molecule has 0 amide bonds. The van der Waals surface area contributed by atoms with Gasteiger partial charge in [-0.15, -0.1) is 0 Å². The maximum absolute atomic E-state index is 12.6. The number of hydrogen-bond donors (Lipinski definition) is 0. The summed E-state index contributed by atoms with van der Waals surface area (Å²) in [6.07, 6.45) is 6.10. The molecular formula is C19H24O3. The lowest BCUT2D eigenvalue weighted by molar-refractivity contribution is -0.152. The summed E-state index contributed by atoms with van der Waals surface area (Å²) in [5, 5.41) is 0. The van der Waals surface area contributed by atoms with Crippen LogP contribution in [0.15, 0.2) is 12.2 Å². The summed E-state index contributed by atoms with van der Waals surface area (Å²) in [7, 11) is 0. The Morgan fingerprint density at radius 1 is 1.27 bits per heavy atom. The zero-order valence-corrected chi connectivity index (χ0v) is 13.4. The van der Waals surface area contributed by atoms with Gasteiger partial charge >= 0.3 is 5.97 Å². The Labute approximate surface area is 131 Å². The molecule has 4 bridgehead atoms. The fourth-order valence-corrected chi connectivity index (χ4v) is 8.12. The molecule has 6 aliphatic rings. The van der Waals surface area contributed by atoms with Crippen LogP contribution in [0.4, 0.5) is 0 Å². The Balaban J connectivity index is 1.56. The van der Waals surface area contributed by atoms with Crippen LogP contribution in [-0.4, -0.2) is 23.8 Å². The van der Waals surface area contributed by atoms with Gasteiger partial charge in [-0.05, 0) is 55.8 Å². The summed E-state index contributed by atoms with van der Waals surface area (Å²) >= 11 is 0. The van der Waals surface area contributed by atoms with Gasteiger partial charge in [0, 0.05) is 12.3 Å². The van der Waals surface area contributed by atoms with Crippen LogP contribution in [0.2, 0.25) is 0 Å². The van der Waals surface area contributed by atoms with E-state index < -0.39 is 0 Å². The maximum atomic E-state index is 12.6. The van der Waals surface area contributed by atoms with Crippen molar-refractivity contribution in [3.63, 3.8) is 0 Å². The molecule has 0 aromatic rings. The molecule has 3 nitrogen and oxygen atoms in total. The fourth-order valence-electron chi connectivity index (χ4n) is 8.12. The molecule has 2 heterocycles. The summed E-state index contributed by atoms with van der Waals surface area (Å²) in [4.78, 5) is 12.6. The average Bonchev–Trinajstić information content (AvgIpc) is 3.01. The maximum Gasteiger partial charge on any atom is 0.312 e. The summed E-state index contributed by atoms with van der Waals surface area (Å²) in [6.45, 7) is 8.95. The zero-order chi connectivity index (χ0) is 15.1. The third-order valence-electron chi connectivity index (χ3n) is 8.79. The second kappa shape index (κ2) is 3.19. The second-order valence-corrected chi connectivity index (χ2v) is 9.32. The van der Waals surface area contributed by atoms with Crippen molar-refractivity contribution in [2.24, 2.45) is 34.5 Å². The van der Waals surface area contributed by atoms with Gasteiger partial charge in [-0.3, -0.25) is 4.79 Å². The molecule has 0 N–H and O–H groups in total. The van der Waals surface area contributed by atoms with E-state index in [1.807, 2.05) is 0 Å². The molecule has 6 unspecified atom stereocenters. The number of carbonyl (C=O) groups excluding carboxylic acids is 1. The van der Waals surface area contributed by atoms with Crippen LogP contribution in [-0.2, 0) is 14.3 Å². The summed E-state index contributed by atoms with van der Waals surface area (Å²) < 4.78 is 12.2. The van der Waals surface area contributed by atoms with E-state index in [2.05, 4.69) is 20.4 Å². The van der Waals surface area contributed by atoms with Gasteiger partial charge in [-0.2, -0.15) is 0 Å². The lowest BCUT2D eigenvalue weighted by atomic mass is 9.61. The number of rotatable bonds is 0. The summed E-state index contributed by atoms with van der Waals surface area (Å²) in [5.41, 5.74) is 1.47. The minimum absolute atomic E-state index is 0.0263. The SMILES string of the molecule is C=C1C[C@]23C[C@@H]1CCC2C12OC1C1CC(C)(C(=O)O1)C2[C@@H]3C. The molecule has 2 aliphatic heterocycles. The zero-order valence-electron chi connectivity index (χ0n) is 13.4. The first-order chi connectivity index (χ1) is 10.4. The van der Waals surface area contributed by atoms with E-state index in [4.69, 9.17) is 9.47 Å². The van der Waals surface area contributed by atoms with Crippen LogP contribution in [0.3, 0.4) is 0 Å². The van der Waals surface area contributed by atoms with Gasteiger partial charge in [0.15, 0.2) is 0 Å². The van der Waals surface area contributed by atoms with Gasteiger partial charge < -0.3 is 9.47 Å². The third-order valence-corrected chi connectivity index (χ3v) is 8.79. The van der Waals surface area contributed by atoms with Gasteiger partial charge in [0.25, 0.3) is 0 Å². The first-order valence-corrected chi connectivity index (χ1v) is 9.00. The Kier molecular flexibility index (Phi) is 1.83. The van der Waals surface area contributed by atoms with E-state index in [1.54, 1.807) is 0 Å². The Hall–Kier alpha value is -0.830. The highest BCUT2D eigenvalue weighted by atomic mass is 16.7. The monoisotopic (exact) mass is 300 g/mol. The number of esters is 1. The van der Waals surface area contributed by atoms with Gasteiger partial charge in [0.2, 0.25) is 0 Å². The van der Waals surface area contributed by atoms with Crippen molar-refractivity contribution in [2.75, 3.05) is 0 Å². The Bertz CT molecular complexity index is 641. The molecule has 22 heavy (non-hydrogen) atoms. The van der Waals surface area contributed by atoms with Crippen molar-refractivity contribution >= 4 is 5.97 Å². The number of carbonyl (C=O) groups is 1. The Morgan fingerprint density at radius 2 is 2.09 bits per heavy atom. The smallest absolute Gasteiger partial charge is 0.312 e. The summed E-state index contributed by atoms with van der Waals surface area (Å²) in [5.74, 6) is 2.29. The highest BCUT2D eigenvalue weighted by Gasteiger charge is 2.87. The fraction of sp³-hybridized carbons (Fsp3) is 0.842. The van der Waals surface area contributed by atoms with E-state index in [0.717, 1.165) is 12.3 Å². The number of epoxide rings is 1. The van der Waals surface area contributed by atoms with Crippen LogP contribution in [0.25, 0.3) is 0 Å². The highest BCUT2D eigenvalue weighted by molar-refractivity contribution is 5.81. The van der Waals surface area contributed by atoms with Crippen molar-refractivity contribution in [2.45, 2.75) is 63.8 Å². The molecule has 4 aliphatic carbocycles. The standard InChI is InChI=1S/C19H24O3/c1-9-6-18-7-11(9)4-5-13(18)19-14(10(18)2)17(3)8-12(15(19)22-19)21-16(17)20/h10-15H,1,4-8H2,2-3H3/t10-,11-,12?,13?,14?,15?,17?,18+,19?/m0/s1. The van der Waals surface area contributed by atoms with Crippen LogP contribution in [0.5, 0.6) is 0 Å². The largest absolute Gasteiger partial charge is 0.459 e. The number of allylic oxidation sites excluding steroid dienone is 1. The molecule has 4 saturated carbocycles. The van der Waals surface area contributed by atoms with Gasteiger partial charge in [0.1, 0.15) is 17.8 Å². The van der Waals surface area contributed by atoms with E-state index in [-0.39, 0.29) is 29.2 Å². The van der Waals surface area contributed by atoms with Crippen molar-refractivity contribution in [1.82, 2.24) is 0 Å². The molecule has 2 saturated heterocycles. The minimum Gasteiger partial charge on any atom is -0.459 e. The van der Waals surface area contributed by atoms with Crippen LogP contribution < -0.4 is 0 Å². The molecule has 9 atom stereocenters. The quantitative estimate of drug-likeness (QED) is 0.392. The molecule has 2 spiro atoms. The molecule has 3 heteroatoms. The van der Waals surface area contributed by atoms with E-state index in [9.17, 15) is 4.79 Å². The van der Waals surface area contributed by atoms with Crippen molar-refractivity contribution in [3.05, 3.63) is 12.2 Å². The van der Waals surface area contributed by atoms with Crippen LogP contribution in [0, 0.1) is 34.5 Å². The predicted octanol–water partition coefficient (Wildman–Crippen LogP) is 3.09. The predicted molar refractivity (Wildman–Crippen MR) is 79.9 cm³/mol. The van der Waals surface area contributed by atoms with Crippen molar-refractivity contribution in [1.29, 1.82) is 0 Å². The number of hydrogen-bond acceptors (Lipinski definition) is 3. The summed E-state index contributed by atoms with van der Waals surface area (Å²) in [6, 6.07) is 0. The van der Waals surface area contributed by atoms with Crippen molar-refractivity contribution < 1.29 is 14.3 Å². The average molecular weight is 300 g/mol. The Morgan fingerprint density at radius 3 is 2.91 bits per heavy atom. The molecule has 0 radical (unpaired) electrons. The van der Waals surface area contributed by atoms with Crippen molar-refractivity contribution in [3.8, 4) is 0 Å². The molecule has 6 rings (SSSR count). The minimum atomic E-state index is -0.317. The first-order valence-electron chi connectivity index (χ1n) is 9.00. The molecular weight excluding hydrogens is 276 g/mol. The number of fused-ring (bicyclic) bond motifs is 5. The topological polar surface area (TPSA) is 38.8 Å². The first kappa shape index (κ1) is 12.6. The molecule has 0 aromatic heterocycles. The third kappa shape index (κ3) is 0.985. The van der Waals surface area contributed by atoms with Gasteiger partial charge in [0.05, 0.1) is 5.41 Å². The van der Waals surface area contributed by atoms with E-state index >= 15 is 0 Å². The molecule has 6 fully saturated rings. The normalized spacial score (nSPS) is 66.6. The lowest BCUT2D eigenvalue weighted by Crippen LogP contribution is -2.47. The van der Waals surface area contributed by atoms with Crippen LogP contribution >= 0.6 is 0 Å². The lowest BCUT2D eigenvalue weighted by Gasteiger charge is -2.40. The van der Waals surface area contributed by atoms with Gasteiger partial charge in [-0.25, -0.2) is 0 Å². The van der Waals surface area contributed by atoms with E-state index in [1.165, 1.54) is 31.3 Å². The second-order valence-electron chi connectivity index (χ2n) is 9.32. The highest BCUT2D eigenvalue weighted by Crippen LogP contribution is 2.81. The molecule has 0 aromatic carbocycles. The number of ether oxygens (including phenoxy) is 2. The van der Waals surface area contributed by atoms with Gasteiger partial charge in [-0.1, -0.05) is 19.1 Å². The van der Waals surface area contributed by atoms with Crippen LogP contribution in [0.1, 0.15) is 46.0 Å². The molecule has 118 valence electrons. The van der Waals surface area contributed by atoms with E-state index in [0.29, 0.717) is 23.2 Å².